The van der Waals surface area contributed by atoms with Crippen LogP contribution >= 0.6 is 0 Å². The number of hydrogen-bond donors (Lipinski definition) is 2. The third kappa shape index (κ3) is 38.3. The van der Waals surface area contributed by atoms with E-state index in [4.69, 9.17) is 13.0 Å². The van der Waals surface area contributed by atoms with Crippen molar-refractivity contribution in [2.75, 3.05) is 0 Å². The summed E-state index contributed by atoms with van der Waals surface area (Å²) >= 11 is 0. The third-order valence-corrected chi connectivity index (χ3v) is 2.46. The van der Waals surface area contributed by atoms with Crippen molar-refractivity contribution in [1.82, 2.24) is 0 Å². The van der Waals surface area contributed by atoms with Crippen molar-refractivity contribution in [2.24, 2.45) is 0 Å². The van der Waals surface area contributed by atoms with Crippen molar-refractivity contribution in [2.45, 2.75) is 78.1 Å². The van der Waals surface area contributed by atoms with Gasteiger partial charge in [-0.2, -0.15) is 0 Å². The van der Waals surface area contributed by atoms with Gasteiger partial charge in [-0.05, 0) is 0 Å². The Morgan fingerprint density at radius 2 is 0.882 bits per heavy atom. The molecule has 0 saturated heterocycles. The molecule has 0 atom stereocenters. The summed E-state index contributed by atoms with van der Waals surface area (Å²) in [6.45, 7) is 4.56. The molecule has 0 heterocycles. The number of unbranched alkanes of at least 4 members (excludes halogenated alkanes) is 9. The zero-order valence-electron chi connectivity index (χ0n) is 10.8. The molecule has 0 rings (SSSR count). The number of rotatable bonds is 9. The minimum atomic E-state index is -3.12. The summed E-state index contributed by atoms with van der Waals surface area (Å²) < 4.78 is 24.2. The fourth-order valence-corrected chi connectivity index (χ4v) is 1.56. The van der Waals surface area contributed by atoms with E-state index in [1.54, 1.807) is 0 Å². The first-order valence-corrected chi connectivity index (χ1v) is 7.61. The van der Waals surface area contributed by atoms with E-state index >= 15 is 0 Å². The van der Waals surface area contributed by atoms with Crippen molar-refractivity contribution in [3.8, 4) is 0 Å². The molecule has 0 aromatic rings. The van der Waals surface area contributed by atoms with Crippen LogP contribution in [0.25, 0.3) is 0 Å². The minimum absolute atomic E-state index is 0. The fraction of sp³-hybridized carbons (Fsp3) is 1.00. The van der Waals surface area contributed by atoms with Gasteiger partial charge in [0, 0.05) is 0 Å². The van der Waals surface area contributed by atoms with Crippen LogP contribution in [0.5, 0.6) is 0 Å². The van der Waals surface area contributed by atoms with Gasteiger partial charge in [-0.25, -0.2) is 8.42 Å². The van der Waals surface area contributed by atoms with Crippen molar-refractivity contribution >= 4 is 40.5 Å². The zero-order valence-corrected chi connectivity index (χ0v) is 11.7. The molecular weight excluding hydrogens is 247 g/mol. The average Bonchev–Trinajstić information content (AvgIpc) is 2.21. The molecule has 3 nitrogen and oxygen atoms in total. The van der Waals surface area contributed by atoms with E-state index in [-0.39, 0.29) is 29.6 Å². The van der Waals surface area contributed by atoms with E-state index in [0.717, 1.165) is 0 Å². The van der Waals surface area contributed by atoms with E-state index in [1.165, 1.54) is 64.2 Å². The van der Waals surface area contributed by atoms with Crippen LogP contribution < -0.4 is 0 Å². The van der Waals surface area contributed by atoms with Gasteiger partial charge < -0.3 is 0 Å². The van der Waals surface area contributed by atoms with E-state index in [2.05, 4.69) is 13.8 Å². The van der Waals surface area contributed by atoms with Crippen LogP contribution in [0.4, 0.5) is 0 Å². The second-order valence-electron chi connectivity index (χ2n) is 4.07. The molecule has 0 radical (unpaired) electrons. The second-order valence-corrected chi connectivity index (χ2v) is 4.54. The second kappa shape index (κ2) is 22.1. The van der Waals surface area contributed by atoms with Gasteiger partial charge in [0.25, 0.3) is 11.0 Å². The Balaban J connectivity index is -0.000000340. The van der Waals surface area contributed by atoms with Crippen LogP contribution in [0.1, 0.15) is 78.1 Å². The number of hydrogen-bond acceptors (Lipinski definition) is 2. The normalized spacial score (nSPS) is 9.41. The van der Waals surface area contributed by atoms with Gasteiger partial charge in [0.15, 0.2) is 0 Å². The van der Waals surface area contributed by atoms with Crippen molar-refractivity contribution in [3.63, 3.8) is 0 Å². The third-order valence-electron chi connectivity index (χ3n) is 2.46. The molecule has 0 saturated carbocycles. The monoisotopic (exact) mass is 276 g/mol. The molecule has 102 valence electrons. The Kier molecular flexibility index (Phi) is 30.0. The summed E-state index contributed by atoms with van der Waals surface area (Å²) in [5.74, 6) is 0. The van der Waals surface area contributed by atoms with Crippen LogP contribution in [-0.2, 0) is 11.0 Å². The van der Waals surface area contributed by atoms with Crippen LogP contribution in [0.3, 0.4) is 0 Å². The maximum absolute atomic E-state index is 8.59. The summed E-state index contributed by atoms with van der Waals surface area (Å²) in [7, 11) is -3.12. The molecule has 5 heteroatoms. The molecule has 0 spiro atoms. The van der Waals surface area contributed by atoms with Crippen LogP contribution in [0.15, 0.2) is 0 Å². The van der Waals surface area contributed by atoms with Gasteiger partial charge in [0.2, 0.25) is 0 Å². The average molecular weight is 276 g/mol. The van der Waals surface area contributed by atoms with Crippen LogP contribution in [0, 0.1) is 0 Å². The van der Waals surface area contributed by atoms with Gasteiger partial charge in [-0.3, -0.25) is 4.55 Å². The molecule has 0 aliphatic carbocycles. The van der Waals surface area contributed by atoms with Crippen molar-refractivity contribution < 1.29 is 13.0 Å². The molecule has 0 fully saturated rings. The predicted molar refractivity (Wildman–Crippen MR) is 77.6 cm³/mol. The maximum atomic E-state index is 8.59. The van der Waals surface area contributed by atoms with E-state index in [9.17, 15) is 0 Å². The Hall–Kier alpha value is 0.910. The standard InChI is InChI=1S/C12H26.Na.H2O3S.H/c1-3-5-7-9-11-12-10-8-6-4-2;;1-4(2)3;/h3-12H2,1-2H3;;4H,(H,1,2,3);. The van der Waals surface area contributed by atoms with Gasteiger partial charge >= 0.3 is 29.6 Å². The summed E-state index contributed by atoms with van der Waals surface area (Å²) in [5.41, 5.74) is 0. The first-order valence-electron chi connectivity index (χ1n) is 6.48. The van der Waals surface area contributed by atoms with Gasteiger partial charge in [0.05, 0.1) is 0 Å². The zero-order chi connectivity index (χ0) is 12.6. The van der Waals surface area contributed by atoms with Crippen LogP contribution in [0.2, 0.25) is 0 Å². The van der Waals surface area contributed by atoms with Crippen molar-refractivity contribution in [3.05, 3.63) is 0 Å². The summed E-state index contributed by atoms with van der Waals surface area (Å²) in [4.78, 5) is 0. The van der Waals surface area contributed by atoms with E-state index in [0.29, 0.717) is 0 Å². The molecule has 1 N–H and O–H groups in total. The molecule has 0 bridgehead atoms. The predicted octanol–water partition coefficient (Wildman–Crippen LogP) is 3.35. The molecule has 17 heavy (non-hydrogen) atoms. The summed E-state index contributed by atoms with van der Waals surface area (Å²) in [6.07, 6.45) is 14.4. The Morgan fingerprint density at radius 3 is 1.06 bits per heavy atom. The first kappa shape index (κ1) is 23.0. The van der Waals surface area contributed by atoms with Gasteiger partial charge in [-0.1, -0.05) is 78.1 Å². The molecular formula is C12H29NaO3S. The molecule has 0 aliphatic heterocycles. The molecule has 0 aliphatic rings. The topological polar surface area (TPSA) is 54.4 Å². The quantitative estimate of drug-likeness (QED) is 0.294. The number of thiol groups is 1. The van der Waals surface area contributed by atoms with E-state index < -0.39 is 11.0 Å². The van der Waals surface area contributed by atoms with E-state index in [1.807, 2.05) is 0 Å². The summed E-state index contributed by atoms with van der Waals surface area (Å²) in [6, 6.07) is 0. The molecule has 0 amide bonds. The van der Waals surface area contributed by atoms with Gasteiger partial charge in [0.1, 0.15) is 0 Å². The Bertz CT molecular complexity index is 167. The SMILES string of the molecule is CCCCCCCCCCCC.O=[SH](=O)O.[NaH]. The first-order chi connectivity index (χ1) is 7.65. The molecule has 0 aromatic heterocycles. The molecule has 0 aromatic carbocycles. The van der Waals surface area contributed by atoms with Crippen molar-refractivity contribution in [1.29, 1.82) is 0 Å². The Morgan fingerprint density at radius 1 is 0.706 bits per heavy atom. The summed E-state index contributed by atoms with van der Waals surface area (Å²) in [5, 5.41) is 0. The molecule has 0 unspecified atom stereocenters. The fourth-order valence-electron chi connectivity index (χ4n) is 1.56. The Labute approximate surface area is 131 Å². The van der Waals surface area contributed by atoms with Crippen LogP contribution in [-0.4, -0.2) is 42.5 Å². The van der Waals surface area contributed by atoms with Gasteiger partial charge in [-0.15, -0.1) is 0 Å².